The van der Waals surface area contributed by atoms with Crippen LogP contribution in [0.1, 0.15) is 20.3 Å². The van der Waals surface area contributed by atoms with E-state index in [2.05, 4.69) is 5.43 Å². The Hall–Kier alpha value is -0.820. The molecule has 106 valence electrons. The molecule has 1 aromatic carbocycles. The number of sulfonamides is 1. The van der Waals surface area contributed by atoms with Gasteiger partial charge in [-0.1, -0.05) is 37.0 Å². The van der Waals surface area contributed by atoms with Crippen molar-refractivity contribution in [3.05, 3.63) is 28.2 Å². The Labute approximate surface area is 122 Å². The Morgan fingerprint density at radius 1 is 1.32 bits per heavy atom. The van der Waals surface area contributed by atoms with Crippen molar-refractivity contribution in [1.82, 2.24) is 10.3 Å². The first-order valence-corrected chi connectivity index (χ1v) is 7.72. The van der Waals surface area contributed by atoms with E-state index >= 15 is 0 Å². The Balaban J connectivity index is 2.82. The first-order chi connectivity index (χ1) is 8.72. The van der Waals surface area contributed by atoms with Crippen LogP contribution in [-0.2, 0) is 14.8 Å². The van der Waals surface area contributed by atoms with Crippen molar-refractivity contribution in [2.24, 2.45) is 5.92 Å². The highest BCUT2D eigenvalue weighted by Crippen LogP contribution is 2.24. The van der Waals surface area contributed by atoms with Crippen LogP contribution in [0.2, 0.25) is 10.0 Å². The average Bonchev–Trinajstić information content (AvgIpc) is 2.29. The van der Waals surface area contributed by atoms with Gasteiger partial charge in [0.1, 0.15) is 4.90 Å². The molecule has 0 unspecified atom stereocenters. The van der Waals surface area contributed by atoms with Crippen LogP contribution < -0.4 is 10.3 Å². The van der Waals surface area contributed by atoms with Crippen molar-refractivity contribution in [1.29, 1.82) is 0 Å². The van der Waals surface area contributed by atoms with E-state index in [9.17, 15) is 13.2 Å². The molecule has 19 heavy (non-hydrogen) atoms. The molecule has 0 aliphatic heterocycles. The van der Waals surface area contributed by atoms with Crippen LogP contribution in [0, 0.1) is 5.92 Å². The molecule has 2 N–H and O–H groups in total. The molecule has 1 amide bonds. The predicted molar refractivity (Wildman–Crippen MR) is 74.4 cm³/mol. The van der Waals surface area contributed by atoms with Crippen LogP contribution in [0.4, 0.5) is 0 Å². The van der Waals surface area contributed by atoms with Crippen LogP contribution in [-0.4, -0.2) is 14.3 Å². The lowest BCUT2D eigenvalue weighted by atomic mass is 10.1. The van der Waals surface area contributed by atoms with Gasteiger partial charge in [0.2, 0.25) is 5.91 Å². The third kappa shape index (κ3) is 4.99. The van der Waals surface area contributed by atoms with Crippen LogP contribution in [0.15, 0.2) is 23.1 Å². The minimum atomic E-state index is -3.94. The number of halogens is 2. The number of hydrogen-bond acceptors (Lipinski definition) is 3. The highest BCUT2D eigenvalue weighted by molar-refractivity contribution is 7.89. The third-order valence-corrected chi connectivity index (χ3v) is 4.07. The van der Waals surface area contributed by atoms with Gasteiger partial charge in [-0.05, 0) is 24.1 Å². The zero-order valence-corrected chi connectivity index (χ0v) is 12.7. The fraction of sp³-hybridized carbons (Fsp3) is 0.364. The minimum Gasteiger partial charge on any atom is -0.278 e. The third-order valence-electron chi connectivity index (χ3n) is 2.10. The van der Waals surface area contributed by atoms with E-state index < -0.39 is 15.9 Å². The zero-order chi connectivity index (χ0) is 14.6. The standard InChI is InChI=1S/C11H14Cl2N2O3S/c1-7(2)5-11(16)14-15-19(17,18)10-6-8(12)3-4-9(10)13/h3-4,6-7,15H,5H2,1-2H3,(H,14,16). The van der Waals surface area contributed by atoms with Crippen molar-refractivity contribution in [3.63, 3.8) is 0 Å². The second kappa shape index (κ2) is 6.56. The summed E-state index contributed by atoms with van der Waals surface area (Å²) in [5.74, 6) is -0.295. The van der Waals surface area contributed by atoms with E-state index in [1.54, 1.807) is 0 Å². The van der Waals surface area contributed by atoms with Gasteiger partial charge < -0.3 is 0 Å². The van der Waals surface area contributed by atoms with E-state index in [1.165, 1.54) is 18.2 Å². The number of carbonyl (C=O) groups is 1. The van der Waals surface area contributed by atoms with Crippen molar-refractivity contribution < 1.29 is 13.2 Å². The van der Waals surface area contributed by atoms with E-state index in [-0.39, 0.29) is 27.3 Å². The van der Waals surface area contributed by atoms with E-state index in [0.29, 0.717) is 0 Å². The maximum absolute atomic E-state index is 11.9. The Bertz CT molecular complexity index is 573. The number of hydrazine groups is 1. The molecule has 1 aromatic rings. The maximum atomic E-state index is 11.9. The first-order valence-electron chi connectivity index (χ1n) is 5.48. The largest absolute Gasteiger partial charge is 0.278 e. The van der Waals surface area contributed by atoms with Gasteiger partial charge in [-0.3, -0.25) is 10.2 Å². The Morgan fingerprint density at radius 3 is 2.53 bits per heavy atom. The van der Waals surface area contributed by atoms with E-state index in [0.717, 1.165) is 0 Å². The molecule has 0 aliphatic carbocycles. The number of hydrogen-bond donors (Lipinski definition) is 2. The van der Waals surface area contributed by atoms with Gasteiger partial charge in [-0.25, -0.2) is 8.42 Å². The summed E-state index contributed by atoms with van der Waals surface area (Å²) in [4.78, 5) is 13.2. The second-order valence-corrected chi connectivity index (χ2v) is 6.82. The number of carbonyl (C=O) groups excluding carboxylic acids is 1. The molecular formula is C11H14Cl2N2O3S. The zero-order valence-electron chi connectivity index (χ0n) is 10.4. The molecule has 0 saturated carbocycles. The lowest BCUT2D eigenvalue weighted by Crippen LogP contribution is -2.42. The second-order valence-electron chi connectivity index (χ2n) is 4.33. The van der Waals surface area contributed by atoms with Gasteiger partial charge in [-0.15, -0.1) is 4.83 Å². The maximum Gasteiger partial charge on any atom is 0.258 e. The van der Waals surface area contributed by atoms with Crippen LogP contribution in [0.3, 0.4) is 0 Å². The molecule has 0 saturated heterocycles. The summed E-state index contributed by atoms with van der Waals surface area (Å²) in [7, 11) is -3.94. The predicted octanol–water partition coefficient (Wildman–Crippen LogP) is 2.35. The molecule has 0 fully saturated rings. The van der Waals surface area contributed by atoms with Crippen molar-refractivity contribution in [2.75, 3.05) is 0 Å². The van der Waals surface area contributed by atoms with Crippen molar-refractivity contribution in [2.45, 2.75) is 25.2 Å². The molecular weight excluding hydrogens is 311 g/mol. The average molecular weight is 325 g/mol. The van der Waals surface area contributed by atoms with Gasteiger partial charge in [0.15, 0.2) is 0 Å². The van der Waals surface area contributed by atoms with Gasteiger partial charge >= 0.3 is 0 Å². The number of nitrogens with one attached hydrogen (secondary N) is 2. The van der Waals surface area contributed by atoms with Crippen LogP contribution in [0.25, 0.3) is 0 Å². The normalized spacial score (nSPS) is 11.6. The van der Waals surface area contributed by atoms with Gasteiger partial charge in [0, 0.05) is 11.4 Å². The monoisotopic (exact) mass is 324 g/mol. The lowest BCUT2D eigenvalue weighted by Gasteiger charge is -2.10. The first kappa shape index (κ1) is 16.2. The highest BCUT2D eigenvalue weighted by Gasteiger charge is 2.19. The summed E-state index contributed by atoms with van der Waals surface area (Å²) in [5.41, 5.74) is 2.12. The Morgan fingerprint density at radius 2 is 1.95 bits per heavy atom. The molecule has 0 heterocycles. The molecule has 0 bridgehead atoms. The molecule has 1 rings (SSSR count). The quantitative estimate of drug-likeness (QED) is 0.816. The molecule has 0 atom stereocenters. The number of benzene rings is 1. The smallest absolute Gasteiger partial charge is 0.258 e. The summed E-state index contributed by atoms with van der Waals surface area (Å²) < 4.78 is 23.9. The fourth-order valence-corrected chi connectivity index (χ4v) is 2.91. The van der Waals surface area contributed by atoms with Crippen molar-refractivity contribution in [3.8, 4) is 0 Å². The van der Waals surface area contributed by atoms with Crippen molar-refractivity contribution >= 4 is 39.1 Å². The van der Waals surface area contributed by atoms with Gasteiger partial charge in [-0.2, -0.15) is 0 Å². The summed E-state index contributed by atoms with van der Waals surface area (Å²) in [5, 5.41) is 0.258. The molecule has 0 spiro atoms. The summed E-state index contributed by atoms with van der Waals surface area (Å²) >= 11 is 11.5. The fourth-order valence-electron chi connectivity index (χ4n) is 1.28. The number of amides is 1. The topological polar surface area (TPSA) is 75.3 Å². The highest BCUT2D eigenvalue weighted by atomic mass is 35.5. The van der Waals surface area contributed by atoms with Crippen LogP contribution >= 0.6 is 23.2 Å². The molecule has 8 heteroatoms. The van der Waals surface area contributed by atoms with E-state index in [1.807, 2.05) is 18.7 Å². The molecule has 0 aliphatic rings. The lowest BCUT2D eigenvalue weighted by molar-refractivity contribution is -0.122. The van der Waals surface area contributed by atoms with E-state index in [4.69, 9.17) is 23.2 Å². The minimum absolute atomic E-state index is 0.0232. The number of rotatable bonds is 5. The molecule has 0 aromatic heterocycles. The van der Waals surface area contributed by atoms with Gasteiger partial charge in [0.25, 0.3) is 10.0 Å². The molecule has 5 nitrogen and oxygen atoms in total. The summed E-state index contributed by atoms with van der Waals surface area (Å²) in [6, 6.07) is 4.05. The Kier molecular flexibility index (Phi) is 5.61. The summed E-state index contributed by atoms with van der Waals surface area (Å²) in [6.07, 6.45) is 0.214. The van der Waals surface area contributed by atoms with Crippen LogP contribution in [0.5, 0.6) is 0 Å². The summed E-state index contributed by atoms with van der Waals surface area (Å²) in [6.45, 7) is 3.70. The molecule has 0 radical (unpaired) electrons. The SMILES string of the molecule is CC(C)CC(=O)NNS(=O)(=O)c1cc(Cl)ccc1Cl. The van der Waals surface area contributed by atoms with Gasteiger partial charge in [0.05, 0.1) is 5.02 Å².